The first-order valence-electron chi connectivity index (χ1n) is 9.07. The summed E-state index contributed by atoms with van der Waals surface area (Å²) >= 11 is 0. The summed E-state index contributed by atoms with van der Waals surface area (Å²) in [5, 5.41) is 4.40. The normalized spacial score (nSPS) is 15.3. The molecule has 3 heterocycles. The van der Waals surface area contributed by atoms with Gasteiger partial charge in [0.2, 0.25) is 5.88 Å². The lowest BCUT2D eigenvalue weighted by Crippen LogP contribution is -2.38. The first kappa shape index (κ1) is 18.2. The van der Waals surface area contributed by atoms with Crippen LogP contribution in [0.5, 0.6) is 5.88 Å². The van der Waals surface area contributed by atoms with Crippen LogP contribution in [0.25, 0.3) is 0 Å². The maximum Gasteiger partial charge on any atom is 0.345 e. The highest BCUT2D eigenvalue weighted by molar-refractivity contribution is 5.96. The van der Waals surface area contributed by atoms with Gasteiger partial charge < -0.3 is 9.64 Å². The van der Waals surface area contributed by atoms with E-state index in [1.165, 1.54) is 4.68 Å². The maximum absolute atomic E-state index is 12.9. The van der Waals surface area contributed by atoms with Crippen molar-refractivity contribution in [1.29, 1.82) is 0 Å². The number of carbonyl (C=O) groups is 1. The molecule has 0 aliphatic carbocycles. The molecule has 1 amide bonds. The fourth-order valence-corrected chi connectivity index (χ4v) is 3.44. The fourth-order valence-electron chi connectivity index (χ4n) is 3.44. The zero-order valence-electron chi connectivity index (χ0n) is 15.5. The molecule has 1 aliphatic heterocycles. The first-order valence-corrected chi connectivity index (χ1v) is 9.07. The third kappa shape index (κ3) is 3.36. The number of likely N-dealkylation sites (tertiary alicyclic amines) is 1. The summed E-state index contributed by atoms with van der Waals surface area (Å²) in [6.07, 6.45) is 3.19. The average molecular weight is 359 g/mol. The summed E-state index contributed by atoms with van der Waals surface area (Å²) in [4.78, 5) is 30.9. The number of nitrogens with zero attached hydrogens (tertiary/aromatic N) is 5. The molecule has 0 N–H and O–H groups in total. The Labute approximate surface area is 152 Å². The number of amides is 1. The van der Waals surface area contributed by atoms with E-state index >= 15 is 0 Å². The minimum absolute atomic E-state index is 0.0612. The van der Waals surface area contributed by atoms with E-state index in [0.29, 0.717) is 37.7 Å². The molecule has 0 bridgehead atoms. The zero-order chi connectivity index (χ0) is 18.7. The summed E-state index contributed by atoms with van der Waals surface area (Å²) in [5.74, 6) is 1.33. The van der Waals surface area contributed by atoms with Gasteiger partial charge in [0, 0.05) is 38.8 Å². The Kier molecular flexibility index (Phi) is 5.39. The van der Waals surface area contributed by atoms with E-state index in [1.807, 2.05) is 18.7 Å². The molecular weight excluding hydrogens is 334 g/mol. The maximum atomic E-state index is 12.9. The van der Waals surface area contributed by atoms with E-state index in [2.05, 4.69) is 10.1 Å². The van der Waals surface area contributed by atoms with Crippen LogP contribution in [0.4, 0.5) is 0 Å². The van der Waals surface area contributed by atoms with Crippen molar-refractivity contribution in [3.8, 4) is 5.88 Å². The summed E-state index contributed by atoms with van der Waals surface area (Å²) < 4.78 is 8.58. The van der Waals surface area contributed by atoms with Crippen LogP contribution in [0, 0.1) is 0 Å². The quantitative estimate of drug-likeness (QED) is 0.806. The monoisotopic (exact) mass is 359 g/mol. The molecule has 0 radical (unpaired) electrons. The Balaban J connectivity index is 1.72. The topological polar surface area (TPSA) is 82.2 Å². The van der Waals surface area contributed by atoms with Crippen LogP contribution in [0.2, 0.25) is 0 Å². The molecule has 1 aliphatic rings. The summed E-state index contributed by atoms with van der Waals surface area (Å²) in [5.41, 5.74) is 0.411. The van der Waals surface area contributed by atoms with Gasteiger partial charge in [0.05, 0.1) is 6.61 Å². The number of aromatic nitrogens is 4. The molecule has 26 heavy (non-hydrogen) atoms. The Hall–Kier alpha value is -2.64. The van der Waals surface area contributed by atoms with Gasteiger partial charge in [-0.2, -0.15) is 5.10 Å². The molecule has 0 unspecified atom stereocenters. The predicted molar refractivity (Wildman–Crippen MR) is 96.4 cm³/mol. The summed E-state index contributed by atoms with van der Waals surface area (Å²) in [6.45, 7) is 6.14. The molecule has 0 spiro atoms. The SMILES string of the molecule is CCOc1ncccc1C(=O)N1CCC(c2nn(C)c(=O)n2CC)CC1. The molecule has 1 fully saturated rings. The van der Waals surface area contributed by atoms with Crippen molar-refractivity contribution in [2.75, 3.05) is 19.7 Å². The third-order valence-electron chi connectivity index (χ3n) is 4.78. The highest BCUT2D eigenvalue weighted by Gasteiger charge is 2.29. The van der Waals surface area contributed by atoms with Gasteiger partial charge in [0.25, 0.3) is 5.91 Å². The van der Waals surface area contributed by atoms with Crippen LogP contribution in [0.1, 0.15) is 48.8 Å². The largest absolute Gasteiger partial charge is 0.477 e. The second-order valence-corrected chi connectivity index (χ2v) is 6.36. The van der Waals surface area contributed by atoms with Crippen LogP contribution in [-0.2, 0) is 13.6 Å². The third-order valence-corrected chi connectivity index (χ3v) is 4.78. The Bertz CT molecular complexity index is 834. The summed E-state index contributed by atoms with van der Waals surface area (Å²) in [6, 6.07) is 3.50. The van der Waals surface area contributed by atoms with Gasteiger partial charge >= 0.3 is 5.69 Å². The van der Waals surface area contributed by atoms with Gasteiger partial charge in [0.1, 0.15) is 11.4 Å². The van der Waals surface area contributed by atoms with Crippen molar-refractivity contribution < 1.29 is 9.53 Å². The molecule has 2 aromatic heterocycles. The van der Waals surface area contributed by atoms with E-state index < -0.39 is 0 Å². The molecule has 140 valence electrons. The lowest BCUT2D eigenvalue weighted by Gasteiger charge is -2.31. The number of rotatable bonds is 5. The smallest absolute Gasteiger partial charge is 0.345 e. The molecule has 0 aromatic carbocycles. The Morgan fingerprint density at radius 2 is 2.04 bits per heavy atom. The molecule has 1 saturated heterocycles. The van der Waals surface area contributed by atoms with Gasteiger partial charge in [-0.05, 0) is 38.8 Å². The van der Waals surface area contributed by atoms with Crippen LogP contribution in [0.15, 0.2) is 23.1 Å². The summed E-state index contributed by atoms with van der Waals surface area (Å²) in [7, 11) is 1.67. The van der Waals surface area contributed by atoms with E-state index in [4.69, 9.17) is 4.74 Å². The molecule has 8 heteroatoms. The zero-order valence-corrected chi connectivity index (χ0v) is 15.5. The molecule has 2 aromatic rings. The minimum Gasteiger partial charge on any atom is -0.477 e. The van der Waals surface area contributed by atoms with Gasteiger partial charge in [-0.3, -0.25) is 9.36 Å². The van der Waals surface area contributed by atoms with E-state index in [9.17, 15) is 9.59 Å². The minimum atomic E-state index is -0.0854. The van der Waals surface area contributed by atoms with Crippen molar-refractivity contribution in [2.45, 2.75) is 39.2 Å². The number of pyridine rings is 1. The standard InChI is InChI=1S/C18H25N5O3/c1-4-23-15(20-21(3)18(23)25)13-8-11-22(12-9-13)17(24)14-7-6-10-19-16(14)26-5-2/h6-7,10,13H,4-5,8-9,11-12H2,1-3H3. The molecule has 3 rings (SSSR count). The number of piperidine rings is 1. The van der Waals surface area contributed by atoms with Gasteiger partial charge in [-0.15, -0.1) is 0 Å². The van der Waals surface area contributed by atoms with Gasteiger partial charge in [-0.25, -0.2) is 14.5 Å². The molecular formula is C18H25N5O3. The fraction of sp³-hybridized carbons (Fsp3) is 0.556. The van der Waals surface area contributed by atoms with Crippen molar-refractivity contribution in [2.24, 2.45) is 7.05 Å². The lowest BCUT2D eigenvalue weighted by atomic mass is 9.95. The predicted octanol–water partition coefficient (Wildman–Crippen LogP) is 1.42. The van der Waals surface area contributed by atoms with Crippen LogP contribution in [0.3, 0.4) is 0 Å². The highest BCUT2D eigenvalue weighted by atomic mass is 16.5. The molecule has 0 atom stereocenters. The molecule has 0 saturated carbocycles. The lowest BCUT2D eigenvalue weighted by molar-refractivity contribution is 0.0705. The van der Waals surface area contributed by atoms with Crippen molar-refractivity contribution >= 4 is 5.91 Å². The average Bonchev–Trinajstić information content (AvgIpc) is 2.96. The number of carbonyl (C=O) groups excluding carboxylic acids is 1. The van der Waals surface area contributed by atoms with E-state index in [1.54, 1.807) is 29.9 Å². The van der Waals surface area contributed by atoms with Crippen LogP contribution < -0.4 is 10.4 Å². The number of aryl methyl sites for hydroxylation is 1. The van der Waals surface area contributed by atoms with Gasteiger partial charge in [-0.1, -0.05) is 0 Å². The Morgan fingerprint density at radius 1 is 1.31 bits per heavy atom. The van der Waals surface area contributed by atoms with E-state index in [0.717, 1.165) is 18.7 Å². The molecule has 8 nitrogen and oxygen atoms in total. The first-order chi connectivity index (χ1) is 12.6. The number of hydrogen-bond donors (Lipinski definition) is 0. The van der Waals surface area contributed by atoms with Crippen LogP contribution >= 0.6 is 0 Å². The Morgan fingerprint density at radius 3 is 2.69 bits per heavy atom. The van der Waals surface area contributed by atoms with E-state index in [-0.39, 0.29) is 17.5 Å². The number of hydrogen-bond acceptors (Lipinski definition) is 5. The van der Waals surface area contributed by atoms with Gasteiger partial charge in [0.15, 0.2) is 0 Å². The highest BCUT2D eigenvalue weighted by Crippen LogP contribution is 2.28. The van der Waals surface area contributed by atoms with Crippen molar-refractivity contribution in [3.63, 3.8) is 0 Å². The van der Waals surface area contributed by atoms with Crippen molar-refractivity contribution in [3.05, 3.63) is 40.2 Å². The number of ether oxygens (including phenoxy) is 1. The second kappa shape index (κ2) is 7.72. The second-order valence-electron chi connectivity index (χ2n) is 6.36. The van der Waals surface area contributed by atoms with Crippen molar-refractivity contribution in [1.82, 2.24) is 24.2 Å². The van der Waals surface area contributed by atoms with Crippen LogP contribution in [-0.4, -0.2) is 49.8 Å².